The Morgan fingerprint density at radius 2 is 1.62 bits per heavy atom. The third kappa shape index (κ3) is 8.54. The van der Waals surface area contributed by atoms with Crippen molar-refractivity contribution in [1.82, 2.24) is 4.90 Å². The van der Waals surface area contributed by atoms with Gasteiger partial charge in [-0.05, 0) is 25.9 Å². The standard InChI is InChI=1S/C10H22ClNO/c1-3-6-12(7-4-2)8-10-13-9-5-11/h3-10H2,1-2H3. The SMILES string of the molecule is CCCN(CCC)CCOCCCl. The number of nitrogens with zero attached hydrogens (tertiary/aromatic N) is 1. The third-order valence-corrected chi connectivity index (χ3v) is 2.01. The molecule has 0 rings (SSSR count). The molecule has 0 fully saturated rings. The number of halogens is 1. The summed E-state index contributed by atoms with van der Waals surface area (Å²) in [5.41, 5.74) is 0. The van der Waals surface area contributed by atoms with E-state index in [1.165, 1.54) is 25.9 Å². The Morgan fingerprint density at radius 1 is 1.00 bits per heavy atom. The van der Waals surface area contributed by atoms with Crippen LogP contribution in [0.25, 0.3) is 0 Å². The van der Waals surface area contributed by atoms with Crippen molar-refractivity contribution in [3.63, 3.8) is 0 Å². The molecule has 0 amide bonds. The third-order valence-electron chi connectivity index (χ3n) is 1.85. The van der Waals surface area contributed by atoms with Crippen LogP contribution >= 0.6 is 11.6 Å². The van der Waals surface area contributed by atoms with Crippen LogP contribution in [0.1, 0.15) is 26.7 Å². The van der Waals surface area contributed by atoms with Crippen molar-refractivity contribution in [3.8, 4) is 0 Å². The van der Waals surface area contributed by atoms with Crippen LogP contribution in [-0.2, 0) is 4.74 Å². The van der Waals surface area contributed by atoms with Crippen LogP contribution in [0.2, 0.25) is 0 Å². The van der Waals surface area contributed by atoms with Crippen molar-refractivity contribution in [2.24, 2.45) is 0 Å². The first-order chi connectivity index (χ1) is 6.35. The number of ether oxygens (including phenoxy) is 1. The summed E-state index contributed by atoms with van der Waals surface area (Å²) in [7, 11) is 0. The van der Waals surface area contributed by atoms with Gasteiger partial charge in [0.05, 0.1) is 13.2 Å². The maximum atomic E-state index is 5.50. The van der Waals surface area contributed by atoms with Gasteiger partial charge < -0.3 is 9.64 Å². The molecule has 3 heteroatoms. The van der Waals surface area contributed by atoms with Gasteiger partial charge in [-0.3, -0.25) is 0 Å². The summed E-state index contributed by atoms with van der Waals surface area (Å²) in [5.74, 6) is 0.599. The van der Waals surface area contributed by atoms with E-state index in [1.807, 2.05) is 0 Å². The fourth-order valence-corrected chi connectivity index (χ4v) is 1.43. The second-order valence-electron chi connectivity index (χ2n) is 3.14. The minimum Gasteiger partial charge on any atom is -0.379 e. The lowest BCUT2D eigenvalue weighted by atomic mass is 10.3. The van der Waals surface area contributed by atoms with Gasteiger partial charge >= 0.3 is 0 Å². The van der Waals surface area contributed by atoms with E-state index in [9.17, 15) is 0 Å². The zero-order valence-electron chi connectivity index (χ0n) is 8.89. The molecule has 0 unspecified atom stereocenters. The Bertz CT molecular complexity index is 94.9. The first-order valence-electron chi connectivity index (χ1n) is 5.21. The average Bonchev–Trinajstić information content (AvgIpc) is 2.13. The summed E-state index contributed by atoms with van der Waals surface area (Å²) in [6.45, 7) is 9.31. The molecule has 0 radical (unpaired) electrons. The van der Waals surface area contributed by atoms with E-state index in [-0.39, 0.29) is 0 Å². The maximum absolute atomic E-state index is 5.50. The van der Waals surface area contributed by atoms with Crippen LogP contribution in [-0.4, -0.2) is 43.6 Å². The molecule has 80 valence electrons. The van der Waals surface area contributed by atoms with Crippen molar-refractivity contribution >= 4 is 11.6 Å². The van der Waals surface area contributed by atoms with Crippen LogP contribution in [0.5, 0.6) is 0 Å². The fraction of sp³-hybridized carbons (Fsp3) is 1.00. The van der Waals surface area contributed by atoms with E-state index in [4.69, 9.17) is 16.3 Å². The highest BCUT2D eigenvalue weighted by Gasteiger charge is 2.00. The van der Waals surface area contributed by atoms with Gasteiger partial charge in [0.25, 0.3) is 0 Å². The monoisotopic (exact) mass is 207 g/mol. The average molecular weight is 208 g/mol. The van der Waals surface area contributed by atoms with Gasteiger partial charge in [-0.15, -0.1) is 11.6 Å². The molecule has 0 aliphatic carbocycles. The van der Waals surface area contributed by atoms with Crippen LogP contribution in [0.15, 0.2) is 0 Å². The van der Waals surface area contributed by atoms with Crippen molar-refractivity contribution in [2.45, 2.75) is 26.7 Å². The smallest absolute Gasteiger partial charge is 0.0602 e. The van der Waals surface area contributed by atoms with Crippen molar-refractivity contribution in [1.29, 1.82) is 0 Å². The summed E-state index contributed by atoms with van der Waals surface area (Å²) < 4.78 is 5.33. The van der Waals surface area contributed by atoms with Gasteiger partial charge in [0.15, 0.2) is 0 Å². The van der Waals surface area contributed by atoms with Gasteiger partial charge in [-0.25, -0.2) is 0 Å². The molecular weight excluding hydrogens is 186 g/mol. The van der Waals surface area contributed by atoms with Crippen molar-refractivity contribution in [2.75, 3.05) is 38.7 Å². The molecule has 0 N–H and O–H groups in total. The lowest BCUT2D eigenvalue weighted by Gasteiger charge is -2.20. The molecule has 0 spiro atoms. The molecule has 0 atom stereocenters. The largest absolute Gasteiger partial charge is 0.379 e. The topological polar surface area (TPSA) is 12.5 Å². The molecule has 0 heterocycles. The highest BCUT2D eigenvalue weighted by molar-refractivity contribution is 6.17. The lowest BCUT2D eigenvalue weighted by Crippen LogP contribution is -2.29. The maximum Gasteiger partial charge on any atom is 0.0602 e. The summed E-state index contributed by atoms with van der Waals surface area (Å²) in [5, 5.41) is 0. The fourth-order valence-electron chi connectivity index (χ4n) is 1.32. The summed E-state index contributed by atoms with van der Waals surface area (Å²) in [6, 6.07) is 0. The van der Waals surface area contributed by atoms with Gasteiger partial charge in [0.1, 0.15) is 0 Å². The Kier molecular flexibility index (Phi) is 10.5. The first kappa shape index (κ1) is 13.2. The van der Waals surface area contributed by atoms with E-state index in [2.05, 4.69) is 18.7 Å². The molecule has 0 saturated carbocycles. The van der Waals surface area contributed by atoms with E-state index in [0.29, 0.717) is 12.5 Å². The molecular formula is C10H22ClNO. The molecule has 2 nitrogen and oxygen atoms in total. The summed E-state index contributed by atoms with van der Waals surface area (Å²) >= 11 is 5.50. The van der Waals surface area contributed by atoms with Crippen LogP contribution < -0.4 is 0 Å². The molecule has 0 bridgehead atoms. The minimum absolute atomic E-state index is 0.599. The molecule has 0 aliphatic rings. The highest BCUT2D eigenvalue weighted by atomic mass is 35.5. The van der Waals surface area contributed by atoms with E-state index >= 15 is 0 Å². The minimum atomic E-state index is 0.599. The van der Waals surface area contributed by atoms with Crippen molar-refractivity contribution in [3.05, 3.63) is 0 Å². The highest BCUT2D eigenvalue weighted by Crippen LogP contribution is 1.93. The van der Waals surface area contributed by atoms with E-state index < -0.39 is 0 Å². The van der Waals surface area contributed by atoms with Crippen molar-refractivity contribution < 1.29 is 4.74 Å². The molecule has 0 aromatic heterocycles. The van der Waals surface area contributed by atoms with Gasteiger partial charge in [-0.1, -0.05) is 13.8 Å². The zero-order chi connectivity index (χ0) is 9.94. The number of rotatable bonds is 9. The lowest BCUT2D eigenvalue weighted by molar-refractivity contribution is 0.114. The second kappa shape index (κ2) is 10.3. The Morgan fingerprint density at radius 3 is 2.08 bits per heavy atom. The van der Waals surface area contributed by atoms with E-state index in [0.717, 1.165) is 13.2 Å². The normalized spacial score (nSPS) is 11.1. The molecule has 0 saturated heterocycles. The van der Waals surface area contributed by atoms with Gasteiger partial charge in [0.2, 0.25) is 0 Å². The number of hydrogen-bond acceptors (Lipinski definition) is 2. The summed E-state index contributed by atoms with van der Waals surface area (Å²) in [4.78, 5) is 2.44. The van der Waals surface area contributed by atoms with Gasteiger partial charge in [0, 0.05) is 12.4 Å². The van der Waals surface area contributed by atoms with Gasteiger partial charge in [-0.2, -0.15) is 0 Å². The molecule has 0 aromatic carbocycles. The Hall–Kier alpha value is 0.210. The Balaban J connectivity index is 3.33. The quantitative estimate of drug-likeness (QED) is 0.425. The number of hydrogen-bond donors (Lipinski definition) is 0. The van der Waals surface area contributed by atoms with Crippen LogP contribution in [0.4, 0.5) is 0 Å². The molecule has 0 aromatic rings. The number of alkyl halides is 1. The molecule has 13 heavy (non-hydrogen) atoms. The predicted molar refractivity (Wildman–Crippen MR) is 58.6 cm³/mol. The zero-order valence-corrected chi connectivity index (χ0v) is 9.65. The predicted octanol–water partition coefficient (Wildman–Crippen LogP) is 2.36. The second-order valence-corrected chi connectivity index (χ2v) is 3.52. The van der Waals surface area contributed by atoms with Crippen LogP contribution in [0, 0.1) is 0 Å². The van der Waals surface area contributed by atoms with E-state index in [1.54, 1.807) is 0 Å². The first-order valence-corrected chi connectivity index (χ1v) is 5.74. The molecule has 0 aliphatic heterocycles. The van der Waals surface area contributed by atoms with Crippen LogP contribution in [0.3, 0.4) is 0 Å². The summed E-state index contributed by atoms with van der Waals surface area (Å²) in [6.07, 6.45) is 2.44. The Labute approximate surface area is 87.2 Å².